The van der Waals surface area contributed by atoms with Gasteiger partial charge in [0.25, 0.3) is 5.91 Å². The molecule has 0 fully saturated rings. The fourth-order valence-corrected chi connectivity index (χ4v) is 2.99. The van der Waals surface area contributed by atoms with Gasteiger partial charge in [-0.2, -0.15) is 5.10 Å². The van der Waals surface area contributed by atoms with Gasteiger partial charge in [0.1, 0.15) is 12.4 Å². The van der Waals surface area contributed by atoms with E-state index in [2.05, 4.69) is 22.4 Å². The first-order valence-corrected chi connectivity index (χ1v) is 8.35. The van der Waals surface area contributed by atoms with E-state index in [0.29, 0.717) is 23.9 Å². The highest BCUT2D eigenvalue weighted by molar-refractivity contribution is 5.94. The average Bonchev–Trinajstić information content (AvgIpc) is 3.02. The van der Waals surface area contributed by atoms with E-state index in [0.717, 1.165) is 30.5 Å². The van der Waals surface area contributed by atoms with Gasteiger partial charge in [0.2, 0.25) is 0 Å². The largest absolute Gasteiger partial charge is 0.492 e. The maximum absolute atomic E-state index is 12.3. The van der Waals surface area contributed by atoms with Gasteiger partial charge in [-0.3, -0.25) is 9.89 Å². The van der Waals surface area contributed by atoms with Crippen LogP contribution in [0.25, 0.3) is 0 Å². The minimum atomic E-state index is -1.00. The van der Waals surface area contributed by atoms with Gasteiger partial charge in [0, 0.05) is 11.3 Å². The van der Waals surface area contributed by atoms with E-state index in [9.17, 15) is 9.59 Å². The Bertz CT molecular complexity index is 784. The SMILES string of the molecule is C[C@H]1CCc2[nH]nc(C(=O)NCCOc3cccc(C(=O)O)c3)c2C1. The second kappa shape index (κ2) is 7.38. The average molecular weight is 343 g/mol. The molecule has 3 rings (SSSR count). The molecule has 1 aliphatic carbocycles. The monoisotopic (exact) mass is 343 g/mol. The Morgan fingerprint density at radius 1 is 1.44 bits per heavy atom. The first-order chi connectivity index (χ1) is 12.0. The predicted molar refractivity (Wildman–Crippen MR) is 91.0 cm³/mol. The van der Waals surface area contributed by atoms with E-state index < -0.39 is 5.97 Å². The van der Waals surface area contributed by atoms with Crippen molar-refractivity contribution in [1.29, 1.82) is 0 Å². The number of aromatic amines is 1. The van der Waals surface area contributed by atoms with Crippen LogP contribution in [-0.2, 0) is 12.8 Å². The van der Waals surface area contributed by atoms with Crippen molar-refractivity contribution >= 4 is 11.9 Å². The standard InChI is InChI=1S/C18H21N3O4/c1-11-5-6-15-14(9-11)16(21-20-15)17(22)19-7-8-25-13-4-2-3-12(10-13)18(23)24/h2-4,10-11H,5-9H2,1H3,(H,19,22)(H,20,21)(H,23,24)/t11-/m0/s1. The lowest BCUT2D eigenvalue weighted by Crippen LogP contribution is -2.29. The van der Waals surface area contributed by atoms with E-state index >= 15 is 0 Å². The minimum Gasteiger partial charge on any atom is -0.492 e. The molecule has 1 heterocycles. The number of ether oxygens (including phenoxy) is 1. The quantitative estimate of drug-likeness (QED) is 0.696. The number of carboxylic acid groups (broad SMARTS) is 1. The number of aromatic carboxylic acids is 1. The van der Waals surface area contributed by atoms with Gasteiger partial charge in [0.15, 0.2) is 5.69 Å². The normalized spacial score (nSPS) is 16.1. The highest BCUT2D eigenvalue weighted by atomic mass is 16.5. The van der Waals surface area contributed by atoms with Crippen molar-refractivity contribution < 1.29 is 19.4 Å². The molecular weight excluding hydrogens is 322 g/mol. The number of aryl methyl sites for hydroxylation is 1. The van der Waals surface area contributed by atoms with Crippen LogP contribution in [0.1, 0.15) is 45.4 Å². The maximum Gasteiger partial charge on any atom is 0.335 e. The smallest absolute Gasteiger partial charge is 0.335 e. The molecule has 25 heavy (non-hydrogen) atoms. The number of carboxylic acids is 1. The fourth-order valence-electron chi connectivity index (χ4n) is 2.99. The summed E-state index contributed by atoms with van der Waals surface area (Å²) < 4.78 is 5.49. The van der Waals surface area contributed by atoms with Gasteiger partial charge in [0.05, 0.1) is 12.1 Å². The van der Waals surface area contributed by atoms with Crippen LogP contribution in [0.4, 0.5) is 0 Å². The molecule has 7 nitrogen and oxygen atoms in total. The zero-order chi connectivity index (χ0) is 17.8. The lowest BCUT2D eigenvalue weighted by Gasteiger charge is -2.18. The number of aromatic nitrogens is 2. The number of H-pyrrole nitrogens is 1. The molecule has 0 bridgehead atoms. The Labute approximate surface area is 145 Å². The Balaban J connectivity index is 1.51. The fraction of sp³-hybridized carbons (Fsp3) is 0.389. The van der Waals surface area contributed by atoms with Crippen LogP contribution < -0.4 is 10.1 Å². The molecule has 0 radical (unpaired) electrons. The van der Waals surface area contributed by atoms with E-state index in [4.69, 9.17) is 9.84 Å². The third kappa shape index (κ3) is 3.99. The number of hydrogen-bond acceptors (Lipinski definition) is 4. The molecule has 0 spiro atoms. The van der Waals surface area contributed by atoms with Crippen LogP contribution >= 0.6 is 0 Å². The highest BCUT2D eigenvalue weighted by Gasteiger charge is 2.24. The Kier molecular flexibility index (Phi) is 5.02. The Morgan fingerprint density at radius 3 is 3.08 bits per heavy atom. The molecule has 2 aromatic rings. The third-order valence-electron chi connectivity index (χ3n) is 4.34. The molecule has 7 heteroatoms. The molecular formula is C18H21N3O4. The summed E-state index contributed by atoms with van der Waals surface area (Å²) in [6.45, 7) is 2.74. The minimum absolute atomic E-state index is 0.166. The second-order valence-corrected chi connectivity index (χ2v) is 6.31. The van der Waals surface area contributed by atoms with Crippen LogP contribution in [0, 0.1) is 5.92 Å². The number of amides is 1. The number of nitrogens with zero attached hydrogens (tertiary/aromatic N) is 1. The molecule has 1 aromatic carbocycles. The van der Waals surface area contributed by atoms with E-state index in [1.54, 1.807) is 12.1 Å². The number of rotatable bonds is 6. The summed E-state index contributed by atoms with van der Waals surface area (Å²) in [7, 11) is 0. The molecule has 0 unspecified atom stereocenters. The number of carbonyl (C=O) groups is 2. The summed E-state index contributed by atoms with van der Waals surface area (Å²) >= 11 is 0. The van der Waals surface area contributed by atoms with Gasteiger partial charge in [-0.15, -0.1) is 0 Å². The summed E-state index contributed by atoms with van der Waals surface area (Å²) in [5.74, 6) is -0.201. The highest BCUT2D eigenvalue weighted by Crippen LogP contribution is 2.26. The second-order valence-electron chi connectivity index (χ2n) is 6.31. The molecule has 0 saturated heterocycles. The van der Waals surface area contributed by atoms with Crippen LogP contribution in [0.5, 0.6) is 5.75 Å². The first-order valence-electron chi connectivity index (χ1n) is 8.35. The van der Waals surface area contributed by atoms with Gasteiger partial charge < -0.3 is 15.2 Å². The first kappa shape index (κ1) is 17.0. The zero-order valence-corrected chi connectivity index (χ0v) is 14.0. The summed E-state index contributed by atoms with van der Waals surface area (Å²) in [5, 5.41) is 18.9. The van der Waals surface area contributed by atoms with Gasteiger partial charge in [-0.05, 0) is 43.4 Å². The predicted octanol–water partition coefficient (Wildman–Crippen LogP) is 2.04. The van der Waals surface area contributed by atoms with Crippen molar-refractivity contribution in [3.8, 4) is 5.75 Å². The number of hydrogen-bond donors (Lipinski definition) is 3. The van der Waals surface area contributed by atoms with Gasteiger partial charge in [-0.25, -0.2) is 4.79 Å². The van der Waals surface area contributed by atoms with Gasteiger partial charge in [-0.1, -0.05) is 13.0 Å². The van der Waals surface area contributed by atoms with Crippen molar-refractivity contribution in [2.75, 3.05) is 13.2 Å². The Hall–Kier alpha value is -2.83. The molecule has 0 aliphatic heterocycles. The molecule has 1 aromatic heterocycles. The lowest BCUT2D eigenvalue weighted by atomic mass is 9.88. The van der Waals surface area contributed by atoms with E-state index in [1.807, 2.05) is 0 Å². The summed E-state index contributed by atoms with van der Waals surface area (Å²) in [6, 6.07) is 6.25. The molecule has 1 atom stereocenters. The number of fused-ring (bicyclic) bond motifs is 1. The van der Waals surface area contributed by atoms with Gasteiger partial charge >= 0.3 is 5.97 Å². The topological polar surface area (TPSA) is 104 Å². The summed E-state index contributed by atoms with van der Waals surface area (Å²) in [6.07, 6.45) is 2.91. The summed E-state index contributed by atoms with van der Waals surface area (Å²) in [5.41, 5.74) is 2.71. The molecule has 0 saturated carbocycles. The zero-order valence-electron chi connectivity index (χ0n) is 14.0. The van der Waals surface area contributed by atoms with Crippen LogP contribution in [0.2, 0.25) is 0 Å². The maximum atomic E-state index is 12.3. The lowest BCUT2D eigenvalue weighted by molar-refractivity contribution is 0.0696. The number of carbonyl (C=O) groups excluding carboxylic acids is 1. The van der Waals surface area contributed by atoms with Crippen molar-refractivity contribution in [3.63, 3.8) is 0 Å². The van der Waals surface area contributed by atoms with Crippen molar-refractivity contribution in [3.05, 3.63) is 46.8 Å². The molecule has 1 aliphatic rings. The third-order valence-corrected chi connectivity index (χ3v) is 4.34. The van der Waals surface area contributed by atoms with Crippen LogP contribution in [0.3, 0.4) is 0 Å². The van der Waals surface area contributed by atoms with E-state index in [-0.39, 0.29) is 18.1 Å². The molecule has 132 valence electrons. The summed E-state index contributed by atoms with van der Waals surface area (Å²) in [4.78, 5) is 23.2. The van der Waals surface area contributed by atoms with E-state index in [1.165, 1.54) is 12.1 Å². The number of nitrogens with one attached hydrogen (secondary N) is 2. The van der Waals surface area contributed by atoms with Crippen molar-refractivity contribution in [2.24, 2.45) is 5.92 Å². The van der Waals surface area contributed by atoms with Crippen LogP contribution in [0.15, 0.2) is 24.3 Å². The van der Waals surface area contributed by atoms with Crippen LogP contribution in [-0.4, -0.2) is 40.3 Å². The van der Waals surface area contributed by atoms with Crippen molar-refractivity contribution in [2.45, 2.75) is 26.2 Å². The molecule has 1 amide bonds. The Morgan fingerprint density at radius 2 is 2.28 bits per heavy atom. The van der Waals surface area contributed by atoms with Crippen molar-refractivity contribution in [1.82, 2.24) is 15.5 Å². The number of benzene rings is 1. The molecule has 3 N–H and O–H groups in total.